The number of hydrogen-bond acceptors (Lipinski definition) is 4. The van der Waals surface area contributed by atoms with Gasteiger partial charge in [0.1, 0.15) is 6.54 Å². The highest BCUT2D eigenvalue weighted by atomic mass is 16.5. The zero-order valence-electron chi connectivity index (χ0n) is 9.30. The normalized spacial score (nSPS) is 27.4. The zero-order chi connectivity index (χ0) is 11.4. The molecule has 2 aliphatic rings. The number of carbonyl (C=O) groups excluding carboxylic acids is 1. The Balaban J connectivity index is 2.11. The minimum absolute atomic E-state index is 0.183. The van der Waals surface area contributed by atoms with Crippen LogP contribution in [0.4, 0.5) is 0 Å². The van der Waals surface area contributed by atoms with E-state index in [0.29, 0.717) is 0 Å². The number of ether oxygens (including phenoxy) is 1. The van der Waals surface area contributed by atoms with E-state index in [4.69, 9.17) is 4.74 Å². The fraction of sp³-hybridized carbons (Fsp3) is 0.417. The predicted octanol–water partition coefficient (Wildman–Crippen LogP) is 0.442. The van der Waals surface area contributed by atoms with Crippen molar-refractivity contribution in [3.63, 3.8) is 0 Å². The highest BCUT2D eigenvalue weighted by molar-refractivity contribution is 5.71. The topological polar surface area (TPSA) is 41.6 Å². The van der Waals surface area contributed by atoms with E-state index in [2.05, 4.69) is 17.5 Å². The van der Waals surface area contributed by atoms with Crippen LogP contribution in [-0.2, 0) is 9.53 Å². The largest absolute Gasteiger partial charge is 0.468 e. The van der Waals surface area contributed by atoms with Crippen LogP contribution in [0, 0.1) is 0 Å². The second-order valence-corrected chi connectivity index (χ2v) is 3.83. The lowest BCUT2D eigenvalue weighted by atomic mass is 10.0. The number of nitrogens with one attached hydrogen (secondary N) is 1. The Morgan fingerprint density at radius 3 is 3.12 bits per heavy atom. The van der Waals surface area contributed by atoms with Crippen molar-refractivity contribution in [3.05, 3.63) is 36.6 Å². The molecule has 0 saturated heterocycles. The number of nitrogens with zero attached hydrogens (tertiary/aromatic N) is 1. The predicted molar refractivity (Wildman–Crippen MR) is 61.7 cm³/mol. The van der Waals surface area contributed by atoms with Gasteiger partial charge in [-0.2, -0.15) is 0 Å². The molecule has 0 amide bonds. The first-order chi connectivity index (χ1) is 7.81. The van der Waals surface area contributed by atoms with E-state index in [1.165, 1.54) is 7.11 Å². The maximum absolute atomic E-state index is 11.3. The molecule has 0 aromatic carbocycles. The fourth-order valence-electron chi connectivity index (χ4n) is 1.96. The monoisotopic (exact) mass is 220 g/mol. The lowest BCUT2D eigenvalue weighted by molar-refractivity contribution is -0.141. The van der Waals surface area contributed by atoms with Gasteiger partial charge in [-0.25, -0.2) is 0 Å². The van der Waals surface area contributed by atoms with Gasteiger partial charge >= 0.3 is 5.97 Å². The van der Waals surface area contributed by atoms with E-state index in [-0.39, 0.29) is 24.6 Å². The molecule has 0 bridgehead atoms. The third kappa shape index (κ3) is 2.33. The van der Waals surface area contributed by atoms with Crippen molar-refractivity contribution in [2.45, 2.75) is 12.1 Å². The Bertz CT molecular complexity index is 347. The Labute approximate surface area is 95.3 Å². The van der Waals surface area contributed by atoms with Crippen molar-refractivity contribution in [1.82, 2.24) is 10.2 Å². The average molecular weight is 220 g/mol. The Kier molecular flexibility index (Phi) is 3.41. The molecule has 0 radical (unpaired) electrons. The summed E-state index contributed by atoms with van der Waals surface area (Å²) in [5.74, 6) is -0.215. The van der Waals surface area contributed by atoms with Gasteiger partial charge in [0.25, 0.3) is 0 Å². The summed E-state index contributed by atoms with van der Waals surface area (Å²) in [7, 11) is 1.41. The van der Waals surface area contributed by atoms with E-state index >= 15 is 0 Å². The average Bonchev–Trinajstić information content (AvgIpc) is 2.52. The summed E-state index contributed by atoms with van der Waals surface area (Å²) in [4.78, 5) is 13.3. The summed E-state index contributed by atoms with van der Waals surface area (Å²) in [6.45, 7) is 1.10. The van der Waals surface area contributed by atoms with Crippen LogP contribution in [0.1, 0.15) is 0 Å². The van der Waals surface area contributed by atoms with Crippen molar-refractivity contribution >= 4 is 5.97 Å². The Hall–Kier alpha value is -1.55. The fourth-order valence-corrected chi connectivity index (χ4v) is 1.96. The van der Waals surface area contributed by atoms with Gasteiger partial charge in [-0.1, -0.05) is 30.4 Å². The molecule has 1 N–H and O–H groups in total. The molecule has 2 unspecified atom stereocenters. The van der Waals surface area contributed by atoms with Gasteiger partial charge in [-0.3, -0.25) is 4.79 Å². The van der Waals surface area contributed by atoms with Crippen molar-refractivity contribution in [1.29, 1.82) is 0 Å². The van der Waals surface area contributed by atoms with Crippen LogP contribution >= 0.6 is 0 Å². The smallest absolute Gasteiger partial charge is 0.325 e. The van der Waals surface area contributed by atoms with Crippen LogP contribution in [0.5, 0.6) is 0 Å². The van der Waals surface area contributed by atoms with E-state index in [9.17, 15) is 4.79 Å². The second kappa shape index (κ2) is 4.99. The van der Waals surface area contributed by atoms with E-state index in [1.807, 2.05) is 29.3 Å². The summed E-state index contributed by atoms with van der Waals surface area (Å²) in [6.07, 6.45) is 12.2. The molecular weight excluding hydrogens is 204 g/mol. The molecule has 1 aliphatic heterocycles. The van der Waals surface area contributed by atoms with Gasteiger partial charge in [0, 0.05) is 12.6 Å². The van der Waals surface area contributed by atoms with E-state index in [1.54, 1.807) is 0 Å². The quantitative estimate of drug-likeness (QED) is 0.686. The lowest BCUT2D eigenvalue weighted by Gasteiger charge is -2.32. The molecule has 0 fully saturated rings. The third-order valence-corrected chi connectivity index (χ3v) is 2.80. The third-order valence-electron chi connectivity index (χ3n) is 2.80. The van der Waals surface area contributed by atoms with Gasteiger partial charge < -0.3 is 15.0 Å². The molecule has 1 heterocycles. The molecule has 0 spiro atoms. The molecule has 4 nitrogen and oxygen atoms in total. The maximum atomic E-state index is 11.3. The van der Waals surface area contributed by atoms with Crippen LogP contribution in [-0.4, -0.2) is 43.2 Å². The molecule has 2 atom stereocenters. The molecular formula is C12H16N2O2. The molecule has 0 saturated carbocycles. The van der Waals surface area contributed by atoms with Gasteiger partial charge in [0.05, 0.1) is 13.2 Å². The van der Waals surface area contributed by atoms with E-state index in [0.717, 1.165) is 6.54 Å². The number of hydrogen-bond donors (Lipinski definition) is 1. The summed E-state index contributed by atoms with van der Waals surface area (Å²) >= 11 is 0. The second-order valence-electron chi connectivity index (χ2n) is 3.83. The summed E-state index contributed by atoms with van der Waals surface area (Å²) < 4.78 is 4.70. The van der Waals surface area contributed by atoms with Crippen molar-refractivity contribution in [3.8, 4) is 0 Å². The molecule has 16 heavy (non-hydrogen) atoms. The van der Waals surface area contributed by atoms with Crippen LogP contribution in [0.2, 0.25) is 0 Å². The van der Waals surface area contributed by atoms with Gasteiger partial charge in [-0.15, -0.1) is 0 Å². The number of fused-ring (bicyclic) bond motifs is 1. The first kappa shape index (κ1) is 11.0. The van der Waals surface area contributed by atoms with Crippen molar-refractivity contribution < 1.29 is 9.53 Å². The van der Waals surface area contributed by atoms with Gasteiger partial charge in [0.2, 0.25) is 0 Å². The first-order valence-electron chi connectivity index (χ1n) is 5.39. The molecule has 86 valence electrons. The number of rotatable bonds is 2. The first-order valence-corrected chi connectivity index (χ1v) is 5.39. The minimum atomic E-state index is -0.215. The summed E-state index contributed by atoms with van der Waals surface area (Å²) in [5, 5.41) is 3.39. The highest BCUT2D eigenvalue weighted by Gasteiger charge is 2.25. The minimum Gasteiger partial charge on any atom is -0.468 e. The maximum Gasteiger partial charge on any atom is 0.325 e. The number of allylic oxidation sites excluding steroid dienone is 2. The number of carbonyl (C=O) groups is 1. The standard InChI is InChI=1S/C12H16N2O2/c1-16-12(15)9-14-8-4-7-13-10-5-2-3-6-11(10)14/h2-6,8,10-11,13H,7,9H2,1H3. The highest BCUT2D eigenvalue weighted by Crippen LogP contribution is 2.15. The Morgan fingerprint density at radius 2 is 2.31 bits per heavy atom. The molecule has 2 rings (SSSR count). The molecule has 4 heteroatoms. The van der Waals surface area contributed by atoms with Gasteiger partial charge in [-0.05, 0) is 6.20 Å². The molecule has 0 aromatic rings. The SMILES string of the molecule is COC(=O)CN1C=CCNC2C=CC=CC21. The lowest BCUT2D eigenvalue weighted by Crippen LogP contribution is -2.46. The van der Waals surface area contributed by atoms with Crippen molar-refractivity contribution in [2.24, 2.45) is 0 Å². The Morgan fingerprint density at radius 1 is 1.50 bits per heavy atom. The number of methoxy groups -OCH3 is 1. The van der Waals surface area contributed by atoms with E-state index < -0.39 is 0 Å². The molecule has 1 aliphatic carbocycles. The van der Waals surface area contributed by atoms with Gasteiger partial charge in [0.15, 0.2) is 0 Å². The van der Waals surface area contributed by atoms with Crippen LogP contribution in [0.3, 0.4) is 0 Å². The summed E-state index contributed by atoms with van der Waals surface area (Å²) in [6, 6.07) is 0.438. The van der Waals surface area contributed by atoms with Crippen LogP contribution in [0.15, 0.2) is 36.6 Å². The van der Waals surface area contributed by atoms with Crippen LogP contribution < -0.4 is 5.32 Å². The van der Waals surface area contributed by atoms with Crippen molar-refractivity contribution in [2.75, 3.05) is 20.2 Å². The zero-order valence-corrected chi connectivity index (χ0v) is 9.30. The molecule has 0 aromatic heterocycles. The van der Waals surface area contributed by atoms with Crippen LogP contribution in [0.25, 0.3) is 0 Å². The number of esters is 1. The summed E-state index contributed by atoms with van der Waals surface area (Å²) in [5.41, 5.74) is 0.